The van der Waals surface area contributed by atoms with Crippen LogP contribution in [0.25, 0.3) is 17.3 Å². The highest BCUT2D eigenvalue weighted by Crippen LogP contribution is 2.33. The number of hydrogen-bond donors (Lipinski definition) is 2. The summed E-state index contributed by atoms with van der Waals surface area (Å²) >= 11 is 6.53. The van der Waals surface area contributed by atoms with Crippen molar-refractivity contribution in [1.82, 2.24) is 9.88 Å². The largest absolute Gasteiger partial charge is 0.481 e. The van der Waals surface area contributed by atoms with E-state index in [-0.39, 0.29) is 18.0 Å². The molecule has 0 radical (unpaired) electrons. The summed E-state index contributed by atoms with van der Waals surface area (Å²) in [5.41, 5.74) is 0.777. The van der Waals surface area contributed by atoms with Crippen molar-refractivity contribution in [2.75, 3.05) is 11.9 Å². The number of aliphatic carboxylic acids is 1. The van der Waals surface area contributed by atoms with E-state index >= 15 is 0 Å². The van der Waals surface area contributed by atoms with Crippen LogP contribution in [0.5, 0.6) is 0 Å². The number of aromatic nitrogens is 1. The fourth-order valence-corrected chi connectivity index (χ4v) is 4.73. The lowest BCUT2D eigenvalue weighted by molar-refractivity contribution is -0.137. The van der Waals surface area contributed by atoms with E-state index in [4.69, 9.17) is 22.1 Å². The van der Waals surface area contributed by atoms with E-state index in [0.717, 1.165) is 0 Å². The molecule has 1 fully saturated rings. The number of halogens is 1. The molecule has 0 atom stereocenters. The van der Waals surface area contributed by atoms with Crippen LogP contribution in [0.15, 0.2) is 41.3 Å². The van der Waals surface area contributed by atoms with Gasteiger partial charge in [0.05, 0.1) is 22.0 Å². The van der Waals surface area contributed by atoms with Crippen molar-refractivity contribution in [1.29, 1.82) is 0 Å². The molecule has 0 saturated carbocycles. The van der Waals surface area contributed by atoms with E-state index in [1.807, 2.05) is 0 Å². The first-order chi connectivity index (χ1) is 17.4. The van der Waals surface area contributed by atoms with Gasteiger partial charge in [-0.05, 0) is 64.0 Å². The number of ether oxygens (including phenoxy) is 1. The molecule has 2 amide bonds. The monoisotopic (exact) mass is 545 g/mol. The highest BCUT2D eigenvalue weighted by molar-refractivity contribution is 8.26. The van der Waals surface area contributed by atoms with E-state index < -0.39 is 23.5 Å². The summed E-state index contributed by atoms with van der Waals surface area (Å²) in [5, 5.41) is 11.1. The summed E-state index contributed by atoms with van der Waals surface area (Å²) in [4.78, 5) is 41.9. The number of rotatable bonds is 9. The number of nitrogens with one attached hydrogen (secondary N) is 1. The normalized spacial score (nSPS) is 14.8. The van der Waals surface area contributed by atoms with Crippen LogP contribution in [0.1, 0.15) is 52.1 Å². The Morgan fingerprint density at radius 1 is 1.22 bits per heavy atom. The zero-order chi connectivity index (χ0) is 27.2. The Kier molecular flexibility index (Phi) is 9.39. The van der Waals surface area contributed by atoms with Crippen LogP contribution >= 0.6 is 24.0 Å². The lowest BCUT2D eigenvalue weighted by Gasteiger charge is -2.19. The number of pyridine rings is 1. The van der Waals surface area contributed by atoms with E-state index in [0.29, 0.717) is 52.0 Å². The number of benzene rings is 1. The molecule has 11 heteroatoms. The molecule has 1 aromatic heterocycles. The quantitative estimate of drug-likeness (QED) is 0.222. The van der Waals surface area contributed by atoms with Gasteiger partial charge in [-0.25, -0.2) is 14.2 Å². The predicted molar refractivity (Wildman–Crippen MR) is 145 cm³/mol. The molecule has 1 saturated heterocycles. The van der Waals surface area contributed by atoms with E-state index in [1.54, 1.807) is 51.1 Å². The van der Waals surface area contributed by atoms with Crippen molar-refractivity contribution in [3.05, 3.63) is 52.8 Å². The molecule has 1 aromatic carbocycles. The molecule has 37 heavy (non-hydrogen) atoms. The highest BCUT2D eigenvalue weighted by Gasteiger charge is 2.31. The average Bonchev–Trinajstić information content (AvgIpc) is 3.06. The standard InChI is InChI=1S/C26H28FN3O5S2/c1-26(2,3)35-24(34)29-20-12-11-16(14-18(20)27)19-9-7-8-17(28-19)15-21-23(33)30(25(36)37-21)13-6-4-5-10-22(31)32/h7-9,11-12,14-15H,4-6,10,13H2,1-3H3,(H,29,34)(H,31,32). The Hall–Kier alpha value is -3.31. The number of thioether (sulfide) groups is 1. The summed E-state index contributed by atoms with van der Waals surface area (Å²) in [5.74, 6) is -1.69. The summed E-state index contributed by atoms with van der Waals surface area (Å²) in [6, 6.07) is 9.53. The van der Waals surface area contributed by atoms with Crippen molar-refractivity contribution in [2.45, 2.75) is 52.1 Å². The number of carbonyl (C=O) groups is 3. The molecule has 0 unspecified atom stereocenters. The topological polar surface area (TPSA) is 109 Å². The number of amides is 2. The molecule has 8 nitrogen and oxygen atoms in total. The first-order valence-electron chi connectivity index (χ1n) is 11.7. The fourth-order valence-electron chi connectivity index (χ4n) is 3.43. The Morgan fingerprint density at radius 3 is 2.65 bits per heavy atom. The van der Waals surface area contributed by atoms with Crippen LogP contribution < -0.4 is 5.32 Å². The van der Waals surface area contributed by atoms with Crippen LogP contribution in [0.2, 0.25) is 0 Å². The minimum atomic E-state index is -0.834. The van der Waals surface area contributed by atoms with Crippen LogP contribution in [0.4, 0.5) is 14.9 Å². The zero-order valence-corrected chi connectivity index (χ0v) is 22.4. The van der Waals surface area contributed by atoms with Crippen molar-refractivity contribution in [2.24, 2.45) is 0 Å². The van der Waals surface area contributed by atoms with Gasteiger partial charge >= 0.3 is 12.1 Å². The Labute approximate surface area is 224 Å². The van der Waals surface area contributed by atoms with Gasteiger partial charge in [-0.2, -0.15) is 0 Å². The third-order valence-electron chi connectivity index (χ3n) is 5.10. The average molecular weight is 546 g/mol. The van der Waals surface area contributed by atoms with Crippen LogP contribution in [-0.4, -0.2) is 49.4 Å². The molecule has 1 aliphatic rings. The molecule has 3 rings (SSSR count). The van der Waals surface area contributed by atoms with Crippen molar-refractivity contribution >= 4 is 58.0 Å². The summed E-state index contributed by atoms with van der Waals surface area (Å²) < 4.78 is 20.3. The number of carboxylic acid groups (broad SMARTS) is 1. The number of hydrogen-bond acceptors (Lipinski definition) is 7. The van der Waals surface area contributed by atoms with E-state index in [9.17, 15) is 18.8 Å². The minimum Gasteiger partial charge on any atom is -0.481 e. The second kappa shape index (κ2) is 12.3. The molecular weight excluding hydrogens is 517 g/mol. The van der Waals surface area contributed by atoms with Gasteiger partial charge in [0.2, 0.25) is 0 Å². The van der Waals surface area contributed by atoms with Gasteiger partial charge in [0.25, 0.3) is 5.91 Å². The fraction of sp³-hybridized carbons (Fsp3) is 0.346. The second-order valence-corrected chi connectivity index (χ2v) is 11.0. The summed E-state index contributed by atoms with van der Waals surface area (Å²) in [6.45, 7) is 5.58. The maximum Gasteiger partial charge on any atom is 0.412 e. The van der Waals surface area contributed by atoms with Gasteiger partial charge in [0.1, 0.15) is 15.7 Å². The third-order valence-corrected chi connectivity index (χ3v) is 6.47. The van der Waals surface area contributed by atoms with Crippen LogP contribution in [-0.2, 0) is 14.3 Å². The lowest BCUT2D eigenvalue weighted by atomic mass is 10.1. The van der Waals surface area contributed by atoms with Gasteiger partial charge in [0.15, 0.2) is 0 Å². The number of carbonyl (C=O) groups excluding carboxylic acids is 2. The molecule has 0 bridgehead atoms. The first kappa shape index (κ1) is 28.3. The van der Waals surface area contributed by atoms with E-state index in [2.05, 4.69) is 10.3 Å². The molecule has 0 aliphatic carbocycles. The maximum atomic E-state index is 14.7. The number of anilines is 1. The second-order valence-electron chi connectivity index (χ2n) is 9.31. The van der Waals surface area contributed by atoms with Gasteiger partial charge in [-0.15, -0.1) is 0 Å². The first-order valence-corrected chi connectivity index (χ1v) is 12.9. The smallest absolute Gasteiger partial charge is 0.412 e. The Bertz CT molecular complexity index is 1240. The molecule has 1 aliphatic heterocycles. The zero-order valence-electron chi connectivity index (χ0n) is 20.7. The molecule has 0 spiro atoms. The molecule has 2 N–H and O–H groups in total. The Balaban J connectivity index is 1.68. The van der Waals surface area contributed by atoms with Gasteiger partial charge < -0.3 is 9.84 Å². The molecule has 2 heterocycles. The number of nitrogens with zero attached hydrogens (tertiary/aromatic N) is 2. The van der Waals surface area contributed by atoms with Crippen LogP contribution in [0.3, 0.4) is 0 Å². The summed E-state index contributed by atoms with van der Waals surface area (Å²) in [7, 11) is 0. The third kappa shape index (κ3) is 8.36. The molecule has 196 valence electrons. The Morgan fingerprint density at radius 2 is 1.97 bits per heavy atom. The number of thiocarbonyl (C=S) groups is 1. The van der Waals surface area contributed by atoms with Crippen molar-refractivity contribution < 1.29 is 28.6 Å². The van der Waals surface area contributed by atoms with Crippen LogP contribution in [0, 0.1) is 5.82 Å². The number of carboxylic acids is 1. The van der Waals surface area contributed by atoms with Crippen molar-refractivity contribution in [3.63, 3.8) is 0 Å². The van der Waals surface area contributed by atoms with Crippen molar-refractivity contribution in [3.8, 4) is 11.3 Å². The number of unbranched alkanes of at least 4 members (excludes halogenated alkanes) is 2. The maximum absolute atomic E-state index is 14.7. The van der Waals surface area contributed by atoms with Gasteiger partial charge in [-0.3, -0.25) is 19.8 Å². The molecule has 2 aromatic rings. The van der Waals surface area contributed by atoms with Gasteiger partial charge in [-0.1, -0.05) is 42.5 Å². The van der Waals surface area contributed by atoms with E-state index in [1.165, 1.54) is 28.8 Å². The predicted octanol–water partition coefficient (Wildman–Crippen LogP) is 6.08. The summed E-state index contributed by atoms with van der Waals surface area (Å²) in [6.07, 6.45) is 2.89. The minimum absolute atomic E-state index is 0.0132. The van der Waals surface area contributed by atoms with Gasteiger partial charge in [0, 0.05) is 18.5 Å². The SMILES string of the molecule is CC(C)(C)OC(=O)Nc1ccc(-c2cccc(C=C3SC(=S)N(CCCCCC(=O)O)C3=O)n2)cc1F. The molecular formula is C26H28FN3O5S2. The highest BCUT2D eigenvalue weighted by atomic mass is 32.2. The lowest BCUT2D eigenvalue weighted by Crippen LogP contribution is -2.29.